The minimum absolute atomic E-state index is 0.0454. The number of nitrogen functional groups attached to an aromatic ring is 1. The quantitative estimate of drug-likeness (QED) is 0.453. The molecule has 1 aromatic heterocycles. The summed E-state index contributed by atoms with van der Waals surface area (Å²) in [7, 11) is 0. The molecule has 0 spiro atoms. The minimum Gasteiger partial charge on any atom is -0.393 e. The number of hydrogen-bond donors (Lipinski definition) is 1. The van der Waals surface area contributed by atoms with E-state index in [4.69, 9.17) is 17.3 Å². The number of hydrogen-bond acceptors (Lipinski definition) is 5. The van der Waals surface area contributed by atoms with Gasteiger partial charge in [-0.05, 0) is 12.1 Å². The highest BCUT2D eigenvalue weighted by atomic mass is 35.5. The van der Waals surface area contributed by atoms with E-state index < -0.39 is 4.92 Å². The van der Waals surface area contributed by atoms with Crippen molar-refractivity contribution >= 4 is 34.0 Å². The van der Waals surface area contributed by atoms with Crippen molar-refractivity contribution in [2.75, 3.05) is 5.73 Å². The van der Waals surface area contributed by atoms with Crippen molar-refractivity contribution in [3.8, 4) is 0 Å². The van der Waals surface area contributed by atoms with Gasteiger partial charge in [0.25, 0.3) is 0 Å². The number of halogens is 1. The third-order valence-corrected chi connectivity index (χ3v) is 2.05. The van der Waals surface area contributed by atoms with E-state index >= 15 is 0 Å². The number of benzene rings is 1. The predicted octanol–water partition coefficient (Wildman–Crippen LogP) is 1.77. The zero-order chi connectivity index (χ0) is 11.0. The second-order valence-electron chi connectivity index (χ2n) is 2.82. The lowest BCUT2D eigenvalue weighted by molar-refractivity contribution is -0.382. The van der Waals surface area contributed by atoms with E-state index in [0.29, 0.717) is 5.52 Å². The molecule has 0 aliphatic carbocycles. The summed E-state index contributed by atoms with van der Waals surface area (Å²) in [6.45, 7) is 0. The molecule has 0 radical (unpaired) electrons. The predicted molar refractivity (Wildman–Crippen MR) is 55.6 cm³/mol. The second kappa shape index (κ2) is 3.32. The Hall–Kier alpha value is -1.95. The molecule has 0 aliphatic heterocycles. The Bertz CT molecular complexity index is 552. The highest BCUT2D eigenvalue weighted by Crippen LogP contribution is 2.29. The summed E-state index contributed by atoms with van der Waals surface area (Å²) >= 11 is 5.61. The lowest BCUT2D eigenvalue weighted by atomic mass is 10.2. The Morgan fingerprint density at radius 3 is 2.87 bits per heavy atom. The molecule has 0 aliphatic rings. The minimum atomic E-state index is -0.595. The topological polar surface area (TPSA) is 94.9 Å². The van der Waals surface area contributed by atoms with Crippen LogP contribution in [0.4, 0.5) is 11.4 Å². The highest BCUT2D eigenvalue weighted by Gasteiger charge is 2.18. The molecule has 2 aromatic rings. The van der Waals surface area contributed by atoms with Gasteiger partial charge in [-0.15, -0.1) is 0 Å². The van der Waals surface area contributed by atoms with Gasteiger partial charge in [0.15, 0.2) is 5.52 Å². The van der Waals surface area contributed by atoms with Crippen molar-refractivity contribution in [1.29, 1.82) is 0 Å². The van der Waals surface area contributed by atoms with Crippen LogP contribution >= 0.6 is 11.6 Å². The van der Waals surface area contributed by atoms with Crippen molar-refractivity contribution in [3.63, 3.8) is 0 Å². The zero-order valence-corrected chi connectivity index (χ0v) is 8.10. The van der Waals surface area contributed by atoms with Crippen LogP contribution in [0.1, 0.15) is 0 Å². The molecule has 2 rings (SSSR count). The first kappa shape index (κ1) is 9.60. The van der Waals surface area contributed by atoms with Gasteiger partial charge >= 0.3 is 5.69 Å². The van der Waals surface area contributed by atoms with E-state index in [2.05, 4.69) is 9.97 Å². The van der Waals surface area contributed by atoms with Gasteiger partial charge in [-0.1, -0.05) is 11.6 Å². The normalized spacial score (nSPS) is 10.5. The van der Waals surface area contributed by atoms with E-state index in [0.717, 1.165) is 0 Å². The molecule has 0 amide bonds. The molecule has 0 atom stereocenters. The first-order valence-electron chi connectivity index (χ1n) is 3.94. The Balaban J connectivity index is 2.90. The average molecular weight is 225 g/mol. The third kappa shape index (κ3) is 1.55. The SMILES string of the molecule is Nc1ccc2ncc(Cl)nc2c1[N+](=O)[O-]. The molecule has 1 aromatic carbocycles. The monoisotopic (exact) mass is 224 g/mol. The first-order chi connectivity index (χ1) is 7.09. The van der Waals surface area contributed by atoms with Gasteiger partial charge < -0.3 is 5.73 Å². The van der Waals surface area contributed by atoms with Gasteiger partial charge in [0.05, 0.1) is 16.6 Å². The highest BCUT2D eigenvalue weighted by molar-refractivity contribution is 6.29. The molecule has 76 valence electrons. The summed E-state index contributed by atoms with van der Waals surface area (Å²) in [5.41, 5.74) is 5.76. The molecular formula is C8H5ClN4O2. The van der Waals surface area contributed by atoms with E-state index in [1.165, 1.54) is 12.3 Å². The molecule has 0 bridgehead atoms. The van der Waals surface area contributed by atoms with Crippen molar-refractivity contribution in [2.24, 2.45) is 0 Å². The molecule has 15 heavy (non-hydrogen) atoms. The Kier molecular flexibility index (Phi) is 2.12. The number of anilines is 1. The molecule has 1 heterocycles. The molecule has 2 N–H and O–H groups in total. The lowest BCUT2D eigenvalue weighted by Crippen LogP contribution is -1.98. The Morgan fingerprint density at radius 2 is 2.20 bits per heavy atom. The van der Waals surface area contributed by atoms with Crippen molar-refractivity contribution < 1.29 is 4.92 Å². The summed E-state index contributed by atoms with van der Waals surface area (Å²) in [6, 6.07) is 2.98. The number of nitro benzene ring substituents is 1. The molecule has 0 saturated carbocycles. The van der Waals surface area contributed by atoms with Crippen molar-refractivity contribution in [3.05, 3.63) is 33.6 Å². The maximum absolute atomic E-state index is 10.8. The Labute approximate surface area is 88.8 Å². The number of rotatable bonds is 1. The van der Waals surface area contributed by atoms with E-state index in [9.17, 15) is 10.1 Å². The van der Waals surface area contributed by atoms with Crippen molar-refractivity contribution in [2.45, 2.75) is 0 Å². The number of fused-ring (bicyclic) bond motifs is 1. The van der Waals surface area contributed by atoms with Crippen LogP contribution < -0.4 is 5.73 Å². The zero-order valence-electron chi connectivity index (χ0n) is 7.35. The summed E-state index contributed by atoms with van der Waals surface area (Å²) in [6.07, 6.45) is 1.32. The van der Waals surface area contributed by atoms with Crippen LogP contribution in [0, 0.1) is 10.1 Å². The second-order valence-corrected chi connectivity index (χ2v) is 3.21. The summed E-state index contributed by atoms with van der Waals surface area (Å²) in [5.74, 6) is 0. The summed E-state index contributed by atoms with van der Waals surface area (Å²) < 4.78 is 0. The van der Waals surface area contributed by atoms with Gasteiger partial charge in [0.1, 0.15) is 10.8 Å². The molecule has 6 nitrogen and oxygen atoms in total. The van der Waals surface area contributed by atoms with Crippen molar-refractivity contribution in [1.82, 2.24) is 9.97 Å². The van der Waals surface area contributed by atoms with Gasteiger partial charge in [0.2, 0.25) is 0 Å². The average Bonchev–Trinajstić information content (AvgIpc) is 2.16. The van der Waals surface area contributed by atoms with E-state index in [1.54, 1.807) is 6.07 Å². The number of nitro groups is 1. The van der Waals surface area contributed by atoms with Crippen LogP contribution in [-0.2, 0) is 0 Å². The number of nitrogens with zero attached hydrogens (tertiary/aromatic N) is 3. The first-order valence-corrected chi connectivity index (χ1v) is 4.32. The number of aromatic nitrogens is 2. The molecular weight excluding hydrogens is 220 g/mol. The van der Waals surface area contributed by atoms with Gasteiger partial charge in [-0.2, -0.15) is 0 Å². The molecule has 7 heteroatoms. The van der Waals surface area contributed by atoms with Crippen LogP contribution in [-0.4, -0.2) is 14.9 Å². The van der Waals surface area contributed by atoms with Gasteiger partial charge in [-0.3, -0.25) is 15.1 Å². The van der Waals surface area contributed by atoms with Gasteiger partial charge in [0, 0.05) is 0 Å². The molecule has 0 unspecified atom stereocenters. The Morgan fingerprint density at radius 1 is 1.47 bits per heavy atom. The molecule has 0 saturated heterocycles. The maximum atomic E-state index is 10.8. The standard InChI is InChI=1S/C8H5ClN4O2/c9-6-3-11-5-2-1-4(10)8(13(14)15)7(5)12-6/h1-3H,10H2. The van der Waals surface area contributed by atoms with Crippen LogP contribution in [0.3, 0.4) is 0 Å². The van der Waals surface area contributed by atoms with Crippen LogP contribution in [0.5, 0.6) is 0 Å². The van der Waals surface area contributed by atoms with Gasteiger partial charge in [-0.25, -0.2) is 4.98 Å². The fourth-order valence-electron chi connectivity index (χ4n) is 1.25. The van der Waals surface area contributed by atoms with E-state index in [1.807, 2.05) is 0 Å². The number of nitrogens with two attached hydrogens (primary N) is 1. The summed E-state index contributed by atoms with van der Waals surface area (Å²) in [4.78, 5) is 17.9. The maximum Gasteiger partial charge on any atom is 0.319 e. The fraction of sp³-hybridized carbons (Fsp3) is 0. The smallest absolute Gasteiger partial charge is 0.319 e. The van der Waals surface area contributed by atoms with E-state index in [-0.39, 0.29) is 22.0 Å². The van der Waals surface area contributed by atoms with Crippen LogP contribution in [0.25, 0.3) is 11.0 Å². The van der Waals surface area contributed by atoms with Crippen LogP contribution in [0.15, 0.2) is 18.3 Å². The lowest BCUT2D eigenvalue weighted by Gasteiger charge is -2.00. The molecule has 0 fully saturated rings. The largest absolute Gasteiger partial charge is 0.393 e. The third-order valence-electron chi connectivity index (χ3n) is 1.87. The van der Waals surface area contributed by atoms with Crippen LogP contribution in [0.2, 0.25) is 5.15 Å². The summed E-state index contributed by atoms with van der Waals surface area (Å²) in [5, 5.41) is 10.9. The fourth-order valence-corrected chi connectivity index (χ4v) is 1.38.